The highest BCUT2D eigenvalue weighted by atomic mass is 16.6. The number of nitrogens with one attached hydrogen (secondary N) is 2. The first-order valence-electron chi connectivity index (χ1n) is 5.87. The molecule has 1 aromatic rings. The number of aromatic nitrogens is 2. The van der Waals surface area contributed by atoms with Crippen molar-refractivity contribution in [3.8, 4) is 11.8 Å². The van der Waals surface area contributed by atoms with Crippen LogP contribution in [0.15, 0.2) is 17.3 Å². The Morgan fingerprint density at radius 2 is 2.26 bits per heavy atom. The van der Waals surface area contributed by atoms with Crippen molar-refractivity contribution in [1.82, 2.24) is 15.3 Å². The minimum atomic E-state index is -0.515. The van der Waals surface area contributed by atoms with Crippen LogP contribution in [0.3, 0.4) is 0 Å². The first-order chi connectivity index (χ1) is 8.88. The normalized spacial score (nSPS) is 10.3. The maximum Gasteiger partial charge on any atom is 0.407 e. The first kappa shape index (κ1) is 14.8. The van der Waals surface area contributed by atoms with Crippen molar-refractivity contribution < 1.29 is 9.53 Å². The molecule has 19 heavy (non-hydrogen) atoms. The zero-order valence-corrected chi connectivity index (χ0v) is 11.2. The summed E-state index contributed by atoms with van der Waals surface area (Å²) in [6, 6.07) is 0. The molecule has 0 spiro atoms. The zero-order valence-electron chi connectivity index (χ0n) is 11.2. The molecule has 0 aliphatic heterocycles. The fraction of sp³-hybridized carbons (Fsp3) is 0.462. The lowest BCUT2D eigenvalue weighted by molar-refractivity contribution is 0.0529. The average Bonchev–Trinajstić information content (AvgIpc) is 2.28. The number of hydrogen-bond acceptors (Lipinski definition) is 4. The van der Waals surface area contributed by atoms with E-state index in [1.807, 2.05) is 0 Å². The lowest BCUT2D eigenvalue weighted by atomic mass is 10.2. The monoisotopic (exact) mass is 263 g/mol. The molecule has 0 saturated heterocycles. The molecule has 1 rings (SSSR count). The molecule has 6 nitrogen and oxygen atoms in total. The van der Waals surface area contributed by atoms with Crippen LogP contribution in [0.2, 0.25) is 0 Å². The van der Waals surface area contributed by atoms with Crippen molar-refractivity contribution in [2.24, 2.45) is 0 Å². The minimum absolute atomic E-state index is 0.275. The standard InChI is InChI=1S/C13H17N3O3/c1-13(2,3)19-12(18)15-7-5-4-6-10-8-14-9-16-11(10)17/h8-9H,5,7H2,1-3H3,(H,15,18)(H,14,16,17). The Bertz CT molecular complexity index is 546. The molecule has 6 heteroatoms. The number of aromatic amines is 1. The maximum absolute atomic E-state index is 11.3. The van der Waals surface area contributed by atoms with Crippen molar-refractivity contribution in [2.75, 3.05) is 6.54 Å². The largest absolute Gasteiger partial charge is 0.444 e. The summed E-state index contributed by atoms with van der Waals surface area (Å²) in [5.41, 5.74) is -0.485. The van der Waals surface area contributed by atoms with Gasteiger partial charge in [0.1, 0.15) is 11.2 Å². The van der Waals surface area contributed by atoms with Crippen molar-refractivity contribution >= 4 is 6.09 Å². The van der Waals surface area contributed by atoms with E-state index in [2.05, 4.69) is 27.1 Å². The summed E-state index contributed by atoms with van der Waals surface area (Å²) in [5.74, 6) is 5.47. The quantitative estimate of drug-likeness (QED) is 0.616. The highest BCUT2D eigenvalue weighted by Gasteiger charge is 2.15. The van der Waals surface area contributed by atoms with Gasteiger partial charge >= 0.3 is 6.09 Å². The molecule has 1 aromatic heterocycles. The van der Waals surface area contributed by atoms with Gasteiger partial charge in [0.2, 0.25) is 0 Å². The minimum Gasteiger partial charge on any atom is -0.444 e. The van der Waals surface area contributed by atoms with E-state index in [1.165, 1.54) is 12.5 Å². The molecule has 1 amide bonds. The summed E-state index contributed by atoms with van der Waals surface area (Å²) in [6.45, 7) is 5.74. The van der Waals surface area contributed by atoms with Crippen LogP contribution in [0, 0.1) is 11.8 Å². The SMILES string of the molecule is CC(C)(C)OC(=O)NCCC#Cc1cnc[nH]c1=O. The molecule has 0 aromatic carbocycles. The molecular weight excluding hydrogens is 246 g/mol. The van der Waals surface area contributed by atoms with Gasteiger partial charge in [-0.05, 0) is 20.8 Å². The van der Waals surface area contributed by atoms with Crippen LogP contribution >= 0.6 is 0 Å². The Labute approximate surface area is 111 Å². The van der Waals surface area contributed by atoms with Gasteiger partial charge in [0, 0.05) is 19.2 Å². The van der Waals surface area contributed by atoms with Gasteiger partial charge in [0.25, 0.3) is 5.56 Å². The molecule has 0 fully saturated rings. The van der Waals surface area contributed by atoms with Crippen molar-refractivity contribution in [3.63, 3.8) is 0 Å². The lowest BCUT2D eigenvalue weighted by Gasteiger charge is -2.19. The second kappa shape index (κ2) is 6.59. The fourth-order valence-corrected chi connectivity index (χ4v) is 1.13. The van der Waals surface area contributed by atoms with Crippen LogP contribution in [0.5, 0.6) is 0 Å². The van der Waals surface area contributed by atoms with Crippen molar-refractivity contribution in [3.05, 3.63) is 28.4 Å². The van der Waals surface area contributed by atoms with E-state index in [-0.39, 0.29) is 5.56 Å². The third-order valence-electron chi connectivity index (χ3n) is 1.86. The van der Waals surface area contributed by atoms with Gasteiger partial charge in [-0.15, -0.1) is 0 Å². The van der Waals surface area contributed by atoms with E-state index in [0.29, 0.717) is 18.5 Å². The summed E-state index contributed by atoms with van der Waals surface area (Å²) >= 11 is 0. The molecule has 0 aliphatic carbocycles. The average molecular weight is 263 g/mol. The Hall–Kier alpha value is -2.29. The number of alkyl carbamates (subject to hydrolysis) is 1. The van der Waals surface area contributed by atoms with Gasteiger partial charge in [-0.25, -0.2) is 9.78 Å². The summed E-state index contributed by atoms with van der Waals surface area (Å²) in [6.07, 6.45) is 2.65. The number of ether oxygens (including phenoxy) is 1. The topological polar surface area (TPSA) is 84.1 Å². The van der Waals surface area contributed by atoms with Crippen molar-refractivity contribution in [2.45, 2.75) is 32.8 Å². The molecular formula is C13H17N3O3. The molecule has 0 saturated carbocycles. The summed E-state index contributed by atoms with van der Waals surface area (Å²) in [5, 5.41) is 2.57. The number of hydrogen-bond donors (Lipinski definition) is 2. The Morgan fingerprint density at radius 1 is 1.53 bits per heavy atom. The fourth-order valence-electron chi connectivity index (χ4n) is 1.13. The lowest BCUT2D eigenvalue weighted by Crippen LogP contribution is -2.32. The molecule has 0 radical (unpaired) electrons. The molecule has 0 unspecified atom stereocenters. The van der Waals surface area contributed by atoms with Gasteiger partial charge in [0.05, 0.1) is 6.33 Å². The Morgan fingerprint density at radius 3 is 2.89 bits per heavy atom. The second-order valence-electron chi connectivity index (χ2n) is 4.77. The van der Waals surface area contributed by atoms with E-state index >= 15 is 0 Å². The summed E-state index contributed by atoms with van der Waals surface area (Å²) < 4.78 is 5.06. The van der Waals surface area contributed by atoms with Crippen molar-refractivity contribution in [1.29, 1.82) is 0 Å². The van der Waals surface area contributed by atoms with Crippen LogP contribution in [0.4, 0.5) is 4.79 Å². The van der Waals surface area contributed by atoms with Crippen LogP contribution in [-0.4, -0.2) is 28.2 Å². The number of carbonyl (C=O) groups is 1. The van der Waals surface area contributed by atoms with Gasteiger partial charge in [0.15, 0.2) is 0 Å². The molecule has 102 valence electrons. The maximum atomic E-state index is 11.3. The number of amides is 1. The third kappa shape index (κ3) is 6.27. The Kier molecular flexibility index (Phi) is 5.12. The number of nitrogens with zero attached hydrogens (tertiary/aromatic N) is 1. The number of carbonyl (C=O) groups excluding carboxylic acids is 1. The van der Waals surface area contributed by atoms with Crippen LogP contribution in [0.25, 0.3) is 0 Å². The zero-order chi connectivity index (χ0) is 14.3. The van der Waals surface area contributed by atoms with E-state index in [4.69, 9.17) is 4.74 Å². The first-order valence-corrected chi connectivity index (χ1v) is 5.87. The van der Waals surface area contributed by atoms with Gasteiger partial charge in [-0.1, -0.05) is 11.8 Å². The van der Waals surface area contributed by atoms with Gasteiger partial charge in [-0.2, -0.15) is 0 Å². The predicted octanol–water partition coefficient (Wildman–Crippen LogP) is 1.04. The van der Waals surface area contributed by atoms with E-state index in [0.717, 1.165) is 0 Å². The van der Waals surface area contributed by atoms with E-state index < -0.39 is 11.7 Å². The van der Waals surface area contributed by atoms with Gasteiger partial charge < -0.3 is 15.0 Å². The van der Waals surface area contributed by atoms with Crippen LogP contribution in [-0.2, 0) is 4.74 Å². The molecule has 0 aliphatic rings. The highest BCUT2D eigenvalue weighted by molar-refractivity contribution is 5.67. The summed E-state index contributed by atoms with van der Waals surface area (Å²) in [7, 11) is 0. The van der Waals surface area contributed by atoms with Crippen LogP contribution in [0.1, 0.15) is 32.8 Å². The molecule has 0 atom stereocenters. The predicted molar refractivity (Wildman–Crippen MR) is 70.6 cm³/mol. The number of H-pyrrole nitrogens is 1. The molecule has 1 heterocycles. The smallest absolute Gasteiger partial charge is 0.407 e. The van der Waals surface area contributed by atoms with E-state index in [9.17, 15) is 9.59 Å². The van der Waals surface area contributed by atoms with E-state index in [1.54, 1.807) is 20.8 Å². The molecule has 2 N–H and O–H groups in total. The second-order valence-corrected chi connectivity index (χ2v) is 4.77. The Balaban J connectivity index is 2.35. The summed E-state index contributed by atoms with van der Waals surface area (Å²) in [4.78, 5) is 28.8. The van der Waals surface area contributed by atoms with Crippen LogP contribution < -0.4 is 10.9 Å². The third-order valence-corrected chi connectivity index (χ3v) is 1.86. The molecule has 0 bridgehead atoms. The number of rotatable bonds is 2. The van der Waals surface area contributed by atoms with Gasteiger partial charge in [-0.3, -0.25) is 4.79 Å². The highest BCUT2D eigenvalue weighted by Crippen LogP contribution is 2.06.